The number of benzene rings is 2. The zero-order chi connectivity index (χ0) is 24.1. The number of ether oxygens (including phenoxy) is 2. The molecule has 6 rings (SSSR count). The van der Waals surface area contributed by atoms with Crippen molar-refractivity contribution < 1.29 is 19.1 Å². The van der Waals surface area contributed by atoms with Crippen LogP contribution in [0.4, 0.5) is 0 Å². The van der Waals surface area contributed by atoms with Crippen molar-refractivity contribution in [2.24, 2.45) is 11.8 Å². The molecule has 2 fully saturated rings. The van der Waals surface area contributed by atoms with E-state index in [-0.39, 0.29) is 17.9 Å². The number of thiophene rings is 1. The minimum absolute atomic E-state index is 0.00779. The molecule has 0 radical (unpaired) electrons. The van der Waals surface area contributed by atoms with Crippen LogP contribution in [0.3, 0.4) is 0 Å². The van der Waals surface area contributed by atoms with Gasteiger partial charge in [-0.25, -0.2) is 0 Å². The van der Waals surface area contributed by atoms with Crippen LogP contribution in [-0.4, -0.2) is 49.1 Å². The molecule has 1 saturated carbocycles. The number of hydrogen-bond acceptors (Lipinski definition) is 5. The van der Waals surface area contributed by atoms with Crippen LogP contribution in [0.2, 0.25) is 0 Å². The predicted molar refractivity (Wildman–Crippen MR) is 135 cm³/mol. The van der Waals surface area contributed by atoms with E-state index >= 15 is 0 Å². The molecular weight excluding hydrogens is 460 g/mol. The molecule has 1 N–H and O–H groups in total. The highest BCUT2D eigenvalue weighted by Crippen LogP contribution is 2.50. The molecule has 1 aromatic heterocycles. The van der Waals surface area contributed by atoms with E-state index in [0.29, 0.717) is 48.7 Å². The normalized spacial score (nSPS) is 22.0. The number of para-hydroxylation sites is 1. The van der Waals surface area contributed by atoms with E-state index in [2.05, 4.69) is 36.7 Å². The summed E-state index contributed by atoms with van der Waals surface area (Å²) in [5, 5.41) is 5.20. The molecule has 3 atom stereocenters. The Bertz CT molecular complexity index is 1320. The van der Waals surface area contributed by atoms with Gasteiger partial charge < -0.3 is 19.7 Å². The molecule has 6 nitrogen and oxygen atoms in total. The van der Waals surface area contributed by atoms with Gasteiger partial charge in [0, 0.05) is 29.1 Å². The number of aryl methyl sites for hydroxylation is 2. The lowest BCUT2D eigenvalue weighted by molar-refractivity contribution is 0.0695. The average molecular weight is 489 g/mol. The Morgan fingerprint density at radius 3 is 2.71 bits per heavy atom. The summed E-state index contributed by atoms with van der Waals surface area (Å²) in [4.78, 5) is 30.0. The molecule has 35 heavy (non-hydrogen) atoms. The summed E-state index contributed by atoms with van der Waals surface area (Å²) in [5.41, 5.74) is 4.54. The first kappa shape index (κ1) is 22.2. The van der Waals surface area contributed by atoms with Crippen LogP contribution in [0.1, 0.15) is 38.3 Å². The Morgan fingerprint density at radius 2 is 1.89 bits per heavy atom. The maximum absolute atomic E-state index is 13.9. The van der Waals surface area contributed by atoms with Crippen LogP contribution in [0.5, 0.6) is 11.5 Å². The van der Waals surface area contributed by atoms with Crippen molar-refractivity contribution >= 4 is 23.2 Å². The highest BCUT2D eigenvalue weighted by atomic mass is 32.1. The van der Waals surface area contributed by atoms with Gasteiger partial charge in [0.25, 0.3) is 11.8 Å². The van der Waals surface area contributed by atoms with Crippen LogP contribution in [0.15, 0.2) is 47.8 Å². The fourth-order valence-corrected chi connectivity index (χ4v) is 6.53. The van der Waals surface area contributed by atoms with Crippen LogP contribution in [0.25, 0.3) is 10.4 Å². The van der Waals surface area contributed by atoms with Gasteiger partial charge in [0.1, 0.15) is 13.2 Å². The third kappa shape index (κ3) is 3.97. The standard InChI is InChI=1S/C28H28N2O4S/c1-16-11-24(35-15-16)25-17(2)5-3-6-19(25)28(32)30-14-18-12-21(18)22(30)13-29-27(31)20-7-4-8-23-26(20)34-10-9-33-23/h3-8,11,15,18,21-22H,9-10,12-14H2,1-2H3,(H,29,31)/t18-,21-,22-/m1/s1. The summed E-state index contributed by atoms with van der Waals surface area (Å²) in [5.74, 6) is 1.92. The molecule has 1 saturated heterocycles. The number of nitrogens with one attached hydrogen (secondary N) is 1. The van der Waals surface area contributed by atoms with Crippen LogP contribution in [-0.2, 0) is 0 Å². The Labute approximate surface area is 208 Å². The Hall–Kier alpha value is -3.32. The van der Waals surface area contributed by atoms with Gasteiger partial charge in [0.05, 0.1) is 11.6 Å². The van der Waals surface area contributed by atoms with E-state index in [0.717, 1.165) is 34.5 Å². The molecule has 1 aliphatic carbocycles. The molecule has 2 aliphatic heterocycles. The largest absolute Gasteiger partial charge is 0.486 e. The minimum atomic E-state index is -0.200. The van der Waals surface area contributed by atoms with E-state index in [1.54, 1.807) is 23.5 Å². The smallest absolute Gasteiger partial charge is 0.255 e. The molecule has 7 heteroatoms. The number of likely N-dealkylation sites (tertiary alicyclic amines) is 1. The Kier molecular flexibility index (Phi) is 5.52. The number of carbonyl (C=O) groups excluding carboxylic acids is 2. The maximum Gasteiger partial charge on any atom is 0.255 e. The van der Waals surface area contributed by atoms with Crippen molar-refractivity contribution in [3.63, 3.8) is 0 Å². The fraction of sp³-hybridized carbons (Fsp3) is 0.357. The quantitative estimate of drug-likeness (QED) is 0.566. The number of fused-ring (bicyclic) bond motifs is 2. The number of amides is 2. The van der Waals surface area contributed by atoms with E-state index < -0.39 is 0 Å². The maximum atomic E-state index is 13.9. The second-order valence-corrected chi connectivity index (χ2v) is 10.6. The van der Waals surface area contributed by atoms with Crippen molar-refractivity contribution in [1.82, 2.24) is 10.2 Å². The second kappa shape index (κ2) is 8.72. The minimum Gasteiger partial charge on any atom is -0.486 e. The van der Waals surface area contributed by atoms with Crippen molar-refractivity contribution in [3.8, 4) is 21.9 Å². The molecule has 0 bridgehead atoms. The molecule has 0 unspecified atom stereocenters. The van der Waals surface area contributed by atoms with Gasteiger partial charge in [-0.2, -0.15) is 0 Å². The summed E-state index contributed by atoms with van der Waals surface area (Å²) in [6, 6.07) is 13.5. The average Bonchev–Trinajstić information content (AvgIpc) is 3.35. The summed E-state index contributed by atoms with van der Waals surface area (Å²) in [7, 11) is 0. The number of carbonyl (C=O) groups is 2. The van der Waals surface area contributed by atoms with Crippen molar-refractivity contribution in [2.75, 3.05) is 26.3 Å². The molecular formula is C28H28N2O4S. The van der Waals surface area contributed by atoms with E-state index in [9.17, 15) is 9.59 Å². The van der Waals surface area contributed by atoms with Gasteiger partial charge in [0.15, 0.2) is 11.5 Å². The number of piperidine rings is 1. The number of hydrogen-bond donors (Lipinski definition) is 1. The number of nitrogens with zero attached hydrogens (tertiary/aromatic N) is 1. The van der Waals surface area contributed by atoms with Gasteiger partial charge in [-0.15, -0.1) is 11.3 Å². The molecule has 3 aromatic rings. The van der Waals surface area contributed by atoms with Crippen LogP contribution >= 0.6 is 11.3 Å². The molecule has 3 heterocycles. The predicted octanol–water partition coefficient (Wildman–Crippen LogP) is 4.69. The van der Waals surface area contributed by atoms with Crippen molar-refractivity contribution in [1.29, 1.82) is 0 Å². The lowest BCUT2D eigenvalue weighted by atomic mass is 9.98. The molecule has 0 spiro atoms. The van der Waals surface area contributed by atoms with Gasteiger partial charge in [-0.1, -0.05) is 18.2 Å². The Morgan fingerprint density at radius 1 is 1.09 bits per heavy atom. The highest BCUT2D eigenvalue weighted by molar-refractivity contribution is 7.13. The summed E-state index contributed by atoms with van der Waals surface area (Å²) < 4.78 is 11.3. The van der Waals surface area contributed by atoms with E-state index in [4.69, 9.17) is 9.47 Å². The Balaban J connectivity index is 1.23. The van der Waals surface area contributed by atoms with Crippen molar-refractivity contribution in [2.45, 2.75) is 26.3 Å². The third-order valence-corrected chi connectivity index (χ3v) is 8.39. The summed E-state index contributed by atoms with van der Waals surface area (Å²) in [6.45, 7) is 6.22. The molecule has 2 amide bonds. The SMILES string of the molecule is Cc1csc(-c2c(C)cccc2C(=O)N2C[C@H]3C[C@H]3[C@H]2CNC(=O)c2cccc3c2OCCO3)c1. The van der Waals surface area contributed by atoms with Gasteiger partial charge in [-0.05, 0) is 72.9 Å². The van der Waals surface area contributed by atoms with Gasteiger partial charge >= 0.3 is 0 Å². The second-order valence-electron chi connectivity index (χ2n) is 9.71. The first-order chi connectivity index (χ1) is 17.0. The zero-order valence-electron chi connectivity index (χ0n) is 19.9. The highest BCUT2D eigenvalue weighted by Gasteiger charge is 2.54. The van der Waals surface area contributed by atoms with Crippen LogP contribution in [0, 0.1) is 25.7 Å². The monoisotopic (exact) mass is 488 g/mol. The molecule has 180 valence electrons. The number of rotatable bonds is 5. The summed E-state index contributed by atoms with van der Waals surface area (Å²) in [6.07, 6.45) is 1.12. The lowest BCUT2D eigenvalue weighted by Crippen LogP contribution is -2.45. The molecule has 2 aromatic carbocycles. The fourth-order valence-electron chi connectivity index (χ4n) is 5.50. The van der Waals surface area contributed by atoms with Crippen LogP contribution < -0.4 is 14.8 Å². The first-order valence-corrected chi connectivity index (χ1v) is 13.0. The zero-order valence-corrected chi connectivity index (χ0v) is 20.7. The topological polar surface area (TPSA) is 67.9 Å². The van der Waals surface area contributed by atoms with Gasteiger partial charge in [0.2, 0.25) is 0 Å². The van der Waals surface area contributed by atoms with Gasteiger partial charge in [-0.3, -0.25) is 9.59 Å². The molecule has 3 aliphatic rings. The third-order valence-electron chi connectivity index (χ3n) is 7.33. The first-order valence-electron chi connectivity index (χ1n) is 12.1. The van der Waals surface area contributed by atoms with Crippen molar-refractivity contribution in [3.05, 3.63) is 70.1 Å². The van der Waals surface area contributed by atoms with E-state index in [1.165, 1.54) is 5.56 Å². The van der Waals surface area contributed by atoms with E-state index in [1.807, 2.05) is 23.1 Å². The summed E-state index contributed by atoms with van der Waals surface area (Å²) >= 11 is 1.67. The lowest BCUT2D eigenvalue weighted by Gasteiger charge is -2.29.